The van der Waals surface area contributed by atoms with Gasteiger partial charge in [-0.15, -0.1) is 4.91 Å². The summed E-state index contributed by atoms with van der Waals surface area (Å²) in [5.41, 5.74) is 0.280. The second-order valence-corrected chi connectivity index (χ2v) is 2.87. The van der Waals surface area contributed by atoms with Crippen molar-refractivity contribution in [1.82, 2.24) is 0 Å². The highest BCUT2D eigenvalue weighted by molar-refractivity contribution is 5.99. The molecule has 1 aromatic carbocycles. The largest absolute Gasteiger partial charge is 0.493 e. The van der Waals surface area contributed by atoms with Gasteiger partial charge in [-0.3, -0.25) is 4.79 Å². The number of ether oxygens (including phenoxy) is 2. The van der Waals surface area contributed by atoms with Crippen molar-refractivity contribution in [2.75, 3.05) is 14.2 Å². The van der Waals surface area contributed by atoms with Crippen molar-refractivity contribution < 1.29 is 14.3 Å². The molecule has 5 heteroatoms. The van der Waals surface area contributed by atoms with E-state index in [0.29, 0.717) is 11.5 Å². The molecule has 0 saturated heterocycles. The van der Waals surface area contributed by atoms with Crippen LogP contribution in [0.25, 0.3) is 0 Å². The average molecular weight is 209 g/mol. The minimum atomic E-state index is -0.245. The summed E-state index contributed by atoms with van der Waals surface area (Å²) in [4.78, 5) is 21.7. The molecule has 15 heavy (non-hydrogen) atoms. The highest BCUT2D eigenvalue weighted by Crippen LogP contribution is 2.34. The van der Waals surface area contributed by atoms with Crippen LogP contribution in [0.5, 0.6) is 11.5 Å². The molecule has 0 aromatic heterocycles. The zero-order valence-corrected chi connectivity index (χ0v) is 8.73. The van der Waals surface area contributed by atoms with Crippen LogP contribution in [0.15, 0.2) is 17.3 Å². The van der Waals surface area contributed by atoms with Gasteiger partial charge in [0.15, 0.2) is 17.3 Å². The third-order valence-electron chi connectivity index (χ3n) is 1.98. The predicted octanol–water partition coefficient (Wildman–Crippen LogP) is 2.30. The van der Waals surface area contributed by atoms with Gasteiger partial charge in [0.1, 0.15) is 5.69 Å². The number of carbonyl (C=O) groups is 1. The van der Waals surface area contributed by atoms with Gasteiger partial charge in [0, 0.05) is 6.07 Å². The molecule has 0 unspecified atom stereocenters. The maximum atomic E-state index is 11.2. The van der Waals surface area contributed by atoms with E-state index < -0.39 is 0 Å². The van der Waals surface area contributed by atoms with Gasteiger partial charge >= 0.3 is 0 Å². The molecule has 5 nitrogen and oxygen atoms in total. The molecule has 0 atom stereocenters. The van der Waals surface area contributed by atoms with Crippen LogP contribution in [0.4, 0.5) is 5.69 Å². The summed E-state index contributed by atoms with van der Waals surface area (Å²) >= 11 is 0. The Bertz CT molecular complexity index is 401. The Morgan fingerprint density at radius 2 is 1.73 bits per heavy atom. The first kappa shape index (κ1) is 11.2. The number of benzene rings is 1. The van der Waals surface area contributed by atoms with E-state index in [9.17, 15) is 9.70 Å². The lowest BCUT2D eigenvalue weighted by molar-refractivity contribution is 0.101. The molecule has 1 rings (SSSR count). The Labute approximate surface area is 87.0 Å². The second-order valence-electron chi connectivity index (χ2n) is 2.87. The van der Waals surface area contributed by atoms with Crippen molar-refractivity contribution in [3.63, 3.8) is 0 Å². The summed E-state index contributed by atoms with van der Waals surface area (Å²) in [5.74, 6) is 0.526. The first-order valence-corrected chi connectivity index (χ1v) is 4.24. The van der Waals surface area contributed by atoms with Crippen LogP contribution in [0, 0.1) is 4.91 Å². The summed E-state index contributed by atoms with van der Waals surface area (Å²) in [7, 11) is 2.90. The number of Topliss-reactive ketones (excluding diaryl/α,β-unsaturated/α-hetero) is 1. The lowest BCUT2D eigenvalue weighted by atomic mass is 10.1. The molecule has 0 bridgehead atoms. The van der Waals surface area contributed by atoms with Crippen LogP contribution in [0.2, 0.25) is 0 Å². The number of ketones is 1. The van der Waals surface area contributed by atoms with Crippen LogP contribution < -0.4 is 9.47 Å². The maximum Gasteiger partial charge on any atom is 0.163 e. The number of methoxy groups -OCH3 is 2. The van der Waals surface area contributed by atoms with Crippen LogP contribution >= 0.6 is 0 Å². The first-order chi connectivity index (χ1) is 7.13. The molecule has 0 heterocycles. The predicted molar refractivity (Wildman–Crippen MR) is 55.0 cm³/mol. The fraction of sp³-hybridized carbons (Fsp3) is 0.300. The second kappa shape index (κ2) is 4.54. The molecule has 0 radical (unpaired) electrons. The molecule has 0 aliphatic carbocycles. The van der Waals surface area contributed by atoms with Crippen molar-refractivity contribution in [3.8, 4) is 11.5 Å². The number of hydrogen-bond donors (Lipinski definition) is 0. The van der Waals surface area contributed by atoms with Gasteiger partial charge in [0.2, 0.25) is 0 Å². The summed E-state index contributed by atoms with van der Waals surface area (Å²) in [6.45, 7) is 1.36. The van der Waals surface area contributed by atoms with Crippen molar-refractivity contribution >= 4 is 11.5 Å². The van der Waals surface area contributed by atoms with Crippen molar-refractivity contribution in [1.29, 1.82) is 0 Å². The third-order valence-corrected chi connectivity index (χ3v) is 1.98. The number of nitrogens with zero attached hydrogens (tertiary/aromatic N) is 1. The molecule has 0 N–H and O–H groups in total. The highest BCUT2D eigenvalue weighted by atomic mass is 16.5. The topological polar surface area (TPSA) is 65.0 Å². The Kier molecular flexibility index (Phi) is 3.38. The van der Waals surface area contributed by atoms with E-state index in [1.54, 1.807) is 0 Å². The molecule has 0 spiro atoms. The smallest absolute Gasteiger partial charge is 0.163 e. The first-order valence-electron chi connectivity index (χ1n) is 4.24. The lowest BCUT2D eigenvalue weighted by Gasteiger charge is -2.09. The molecular weight excluding hydrogens is 198 g/mol. The third kappa shape index (κ3) is 2.12. The molecule has 80 valence electrons. The fourth-order valence-corrected chi connectivity index (χ4v) is 1.23. The van der Waals surface area contributed by atoms with Crippen molar-refractivity contribution in [2.24, 2.45) is 5.18 Å². The zero-order chi connectivity index (χ0) is 11.4. The number of nitroso groups, excluding NO2 is 1. The Morgan fingerprint density at radius 3 is 2.13 bits per heavy atom. The minimum Gasteiger partial charge on any atom is -0.493 e. The van der Waals surface area contributed by atoms with E-state index in [-0.39, 0.29) is 17.0 Å². The fourth-order valence-electron chi connectivity index (χ4n) is 1.23. The SMILES string of the molecule is COc1cc(N=O)c(C(C)=O)cc1OC. The quantitative estimate of drug-likeness (QED) is 0.563. The van der Waals surface area contributed by atoms with Gasteiger partial charge in [-0.2, -0.15) is 0 Å². The molecule has 0 fully saturated rings. The molecule has 0 aliphatic heterocycles. The van der Waals surface area contributed by atoms with Gasteiger partial charge in [-0.05, 0) is 18.2 Å². The van der Waals surface area contributed by atoms with Gasteiger partial charge in [-0.25, -0.2) is 0 Å². The summed E-state index contributed by atoms with van der Waals surface area (Å²) in [6.07, 6.45) is 0. The van der Waals surface area contributed by atoms with Crippen LogP contribution in [0.1, 0.15) is 17.3 Å². The normalized spacial score (nSPS) is 9.53. The minimum absolute atomic E-state index is 0.0557. The Balaban J connectivity index is 3.40. The summed E-state index contributed by atoms with van der Waals surface area (Å²) in [6, 6.07) is 2.82. The van der Waals surface area contributed by atoms with Crippen LogP contribution in [-0.2, 0) is 0 Å². The molecule has 0 amide bonds. The summed E-state index contributed by atoms with van der Waals surface area (Å²) < 4.78 is 9.98. The average Bonchev–Trinajstić information content (AvgIpc) is 2.26. The van der Waals surface area contributed by atoms with E-state index >= 15 is 0 Å². The van der Waals surface area contributed by atoms with E-state index in [4.69, 9.17) is 9.47 Å². The number of rotatable bonds is 4. The van der Waals surface area contributed by atoms with E-state index in [0.717, 1.165) is 0 Å². The standard InChI is InChI=1S/C10H11NO4/c1-6(12)7-4-9(14-2)10(15-3)5-8(7)11-13/h4-5H,1-3H3. The van der Waals surface area contributed by atoms with Crippen molar-refractivity contribution in [2.45, 2.75) is 6.92 Å². The molecule has 1 aromatic rings. The van der Waals surface area contributed by atoms with E-state index in [2.05, 4.69) is 5.18 Å². The van der Waals surface area contributed by atoms with E-state index in [1.807, 2.05) is 0 Å². The van der Waals surface area contributed by atoms with Crippen molar-refractivity contribution in [3.05, 3.63) is 22.6 Å². The van der Waals surface area contributed by atoms with Gasteiger partial charge in [0.25, 0.3) is 0 Å². The lowest BCUT2D eigenvalue weighted by Crippen LogP contribution is -1.97. The Hall–Kier alpha value is -1.91. The van der Waals surface area contributed by atoms with Crippen LogP contribution in [-0.4, -0.2) is 20.0 Å². The maximum absolute atomic E-state index is 11.2. The Morgan fingerprint density at radius 1 is 1.20 bits per heavy atom. The van der Waals surface area contributed by atoms with E-state index in [1.165, 1.54) is 33.3 Å². The van der Waals surface area contributed by atoms with Gasteiger partial charge in [0.05, 0.1) is 19.8 Å². The van der Waals surface area contributed by atoms with Crippen LogP contribution in [0.3, 0.4) is 0 Å². The zero-order valence-electron chi connectivity index (χ0n) is 8.73. The van der Waals surface area contributed by atoms with Gasteiger partial charge in [-0.1, -0.05) is 0 Å². The molecule has 0 saturated carbocycles. The molecule has 0 aliphatic rings. The number of hydrogen-bond acceptors (Lipinski definition) is 5. The van der Waals surface area contributed by atoms with Gasteiger partial charge < -0.3 is 9.47 Å². The number of carbonyl (C=O) groups excluding carboxylic acids is 1. The highest BCUT2D eigenvalue weighted by Gasteiger charge is 2.14. The monoisotopic (exact) mass is 209 g/mol. The molecular formula is C10H11NO4. The summed E-state index contributed by atoms with van der Waals surface area (Å²) in [5, 5.41) is 2.77.